The minimum Gasteiger partial charge on any atom is -0.497 e. The molecule has 14 nitrogen and oxygen atoms in total. The van der Waals surface area contributed by atoms with Crippen LogP contribution in [0.15, 0.2) is 288 Å². The number of esters is 2. The summed E-state index contributed by atoms with van der Waals surface area (Å²) in [6.45, 7) is 1.31. The highest BCUT2D eigenvalue weighted by atomic mass is 79.9. The summed E-state index contributed by atoms with van der Waals surface area (Å²) in [4.78, 5) is 20.0. The molecule has 0 bridgehead atoms. The molecule has 1 saturated heterocycles. The molecule has 0 amide bonds. The number of benzene rings is 11. The predicted octanol–water partition coefficient (Wildman–Crippen LogP) is 16.2. The van der Waals surface area contributed by atoms with Gasteiger partial charge in [0.25, 0.3) is 0 Å². The highest BCUT2D eigenvalue weighted by Gasteiger charge is 2.39. The topological polar surface area (TPSA) is 200 Å². The van der Waals surface area contributed by atoms with Gasteiger partial charge in [-0.15, -0.1) is 12.3 Å². The second-order valence-corrected chi connectivity index (χ2v) is 24.9. The number of carbonyl (C=O) groups is 2. The van der Waals surface area contributed by atoms with E-state index in [2.05, 4.69) is 182 Å². The molecular weight excluding hydrogens is 1450 g/mol. The molecular formula is C85H88BBr2ClO14. The molecule has 0 aliphatic carbocycles. The number of hydrogen-bond acceptors (Lipinski definition) is 14. The highest BCUT2D eigenvalue weighted by molar-refractivity contribution is 9.10. The zero-order chi connectivity index (χ0) is 75.8. The average Bonchev–Trinajstić information content (AvgIpc) is 0.900. The van der Waals surface area contributed by atoms with Gasteiger partial charge in [-0.25, -0.2) is 0 Å². The monoisotopic (exact) mass is 1540 g/mol. The van der Waals surface area contributed by atoms with Gasteiger partial charge in [0.15, 0.2) is 0 Å². The van der Waals surface area contributed by atoms with Crippen LogP contribution in [0.5, 0.6) is 23.0 Å². The van der Waals surface area contributed by atoms with Gasteiger partial charge in [-0.05, 0) is 170 Å². The van der Waals surface area contributed by atoms with Gasteiger partial charge in [0.1, 0.15) is 35.4 Å². The van der Waals surface area contributed by atoms with E-state index in [1.165, 1.54) is 24.1 Å². The summed E-state index contributed by atoms with van der Waals surface area (Å²) in [6, 6.07) is 92.5. The number of carbonyl (C=O) groups excluding carboxylic acids is 2. The molecule has 0 saturated carbocycles. The summed E-state index contributed by atoms with van der Waals surface area (Å²) in [5, 5.41) is 43.9. The smallest absolute Gasteiger partial charge is 0.488 e. The predicted molar refractivity (Wildman–Crippen MR) is 417 cm³/mol. The molecule has 0 atom stereocenters. The van der Waals surface area contributed by atoms with Gasteiger partial charge < -0.3 is 58.5 Å². The second kappa shape index (κ2) is 43.0. The minimum atomic E-state index is -1.43. The van der Waals surface area contributed by atoms with E-state index in [1.54, 1.807) is 52.7 Å². The van der Waals surface area contributed by atoms with Crippen molar-refractivity contribution in [3.63, 3.8) is 0 Å². The summed E-state index contributed by atoms with van der Waals surface area (Å²) < 4.78 is 52.8. The van der Waals surface area contributed by atoms with Gasteiger partial charge >= 0.3 is 19.1 Å². The quantitative estimate of drug-likeness (QED) is 0.0166. The zero-order valence-electron chi connectivity index (χ0n) is 60.3. The lowest BCUT2D eigenvalue weighted by Crippen LogP contribution is -2.33. The normalized spacial score (nSPS) is 11.5. The Morgan fingerprint density at radius 2 is 0.680 bits per heavy atom. The Hall–Kier alpha value is -9.21. The number of ether oxygens (including phenoxy) is 7. The Labute approximate surface area is 630 Å². The van der Waals surface area contributed by atoms with Crippen molar-refractivity contribution in [2.75, 3.05) is 48.3 Å². The van der Waals surface area contributed by atoms with E-state index < -0.39 is 30.3 Å². The van der Waals surface area contributed by atoms with Crippen LogP contribution in [0, 0.1) is 0 Å². The summed E-state index contributed by atoms with van der Waals surface area (Å²) in [7, 11) is 6.53. The van der Waals surface area contributed by atoms with Crippen LogP contribution in [0.25, 0.3) is 11.1 Å². The van der Waals surface area contributed by atoms with Crippen LogP contribution in [0.1, 0.15) is 82.8 Å². The van der Waals surface area contributed by atoms with Crippen LogP contribution in [0.3, 0.4) is 0 Å². The maximum atomic E-state index is 10.0. The molecule has 0 radical (unpaired) electrons. The van der Waals surface area contributed by atoms with Crippen LogP contribution in [-0.2, 0) is 67.5 Å². The van der Waals surface area contributed by atoms with Crippen molar-refractivity contribution in [1.29, 1.82) is 1.17 Å². The Balaban J connectivity index is 0.000000234. The second-order valence-electron chi connectivity index (χ2n) is 23.1. The molecule has 11 aromatic carbocycles. The molecule has 18 heteroatoms. The Morgan fingerprint density at radius 1 is 0.408 bits per heavy atom. The van der Waals surface area contributed by atoms with E-state index in [1.807, 2.05) is 121 Å². The molecule has 11 aromatic rings. The Morgan fingerprint density at radius 3 is 0.942 bits per heavy atom. The van der Waals surface area contributed by atoms with Gasteiger partial charge in [0.2, 0.25) is 0 Å². The van der Waals surface area contributed by atoms with E-state index in [-0.39, 0.29) is 32.7 Å². The van der Waals surface area contributed by atoms with Crippen LogP contribution in [0.4, 0.5) is 0 Å². The molecule has 0 unspecified atom stereocenters. The van der Waals surface area contributed by atoms with E-state index in [4.69, 9.17) is 51.2 Å². The summed E-state index contributed by atoms with van der Waals surface area (Å²) >= 11 is 10.7. The van der Waals surface area contributed by atoms with Crippen molar-refractivity contribution in [3.05, 3.63) is 349 Å². The molecule has 1 heterocycles. The lowest BCUT2D eigenvalue weighted by Gasteiger charge is -2.36. The molecule has 103 heavy (non-hydrogen) atoms. The first-order valence-corrected chi connectivity index (χ1v) is 34.4. The molecule has 1 aliphatic rings. The molecule has 0 spiro atoms. The number of aliphatic hydroxyl groups is 3. The largest absolute Gasteiger partial charge is 0.497 e. The van der Waals surface area contributed by atoms with Gasteiger partial charge in [-0.1, -0.05) is 246 Å². The number of aliphatic hydroxyl groups excluding tert-OH is 3. The van der Waals surface area contributed by atoms with E-state index in [9.17, 15) is 14.7 Å². The first-order valence-electron chi connectivity index (χ1n) is 34.2. The maximum absolute atomic E-state index is 10.0. The zero-order valence-corrected chi connectivity index (χ0v) is 62.2. The molecule has 12 rings (SSSR count). The van der Waals surface area contributed by atoms with Crippen molar-refractivity contribution in [2.45, 2.75) is 63.9 Å². The lowest BCUT2D eigenvalue weighted by molar-refractivity contribution is -0.152. The number of cyclic esters (lactones) is 2. The van der Waals surface area contributed by atoms with Crippen LogP contribution >= 0.6 is 44.2 Å². The van der Waals surface area contributed by atoms with Gasteiger partial charge in [-0.2, -0.15) is 0 Å². The van der Waals surface area contributed by atoms with Crippen molar-refractivity contribution in [2.24, 2.45) is 0 Å². The molecule has 0 aromatic heterocycles. The number of methoxy groups -OCH3 is 4. The fourth-order valence-corrected chi connectivity index (χ4v) is 11.6. The van der Waals surface area contributed by atoms with Crippen molar-refractivity contribution >= 4 is 68.7 Å². The average molecular weight is 1540 g/mol. The summed E-state index contributed by atoms with van der Waals surface area (Å²) in [6.07, 6.45) is 2.82. The van der Waals surface area contributed by atoms with Crippen molar-refractivity contribution in [1.82, 2.24) is 0 Å². The van der Waals surface area contributed by atoms with E-state index in [0.29, 0.717) is 18.7 Å². The first kappa shape index (κ1) is 79.5. The number of rotatable bonds is 24. The Bertz CT molecular complexity index is 4120. The molecule has 1 aliphatic heterocycles. The fraction of sp³-hybridized carbons (Fsp3) is 0.200. The fourth-order valence-electron chi connectivity index (χ4n) is 11.1. The third-order valence-corrected chi connectivity index (χ3v) is 17.7. The summed E-state index contributed by atoms with van der Waals surface area (Å²) in [5.74, 6) is 2.42. The SMILES string of the molecule is COc1ccc(C(OCCc2ccc(-c3ccc(CO)cc3)cc2)(c2ccccc2)c2ccc(OC)cc2)cc1.COc1ccc(C(OCCc2ccc(Br)cc2)(c2ccccc2)c2ccc(OC)cc2)cc1.O=C1CCC(=O)O1.OCCc1ccc(Br)cc1.OCc1ccc(B(O)O)cc1.[2H]Cl.[3H]C. The number of hydrogen-bond donors (Lipinski definition) is 5. The molecule has 1 fully saturated rings. The van der Waals surface area contributed by atoms with Crippen molar-refractivity contribution in [3.8, 4) is 34.1 Å². The van der Waals surface area contributed by atoms with E-state index in [0.717, 1.165) is 107 Å². The highest BCUT2D eigenvalue weighted by Crippen LogP contribution is 2.44. The van der Waals surface area contributed by atoms with E-state index >= 15 is 0 Å². The van der Waals surface area contributed by atoms with Crippen LogP contribution in [0.2, 0.25) is 0 Å². The van der Waals surface area contributed by atoms with Gasteiger partial charge in [0.05, 0.1) is 67.7 Å². The molecule has 536 valence electrons. The minimum absolute atomic E-state index is 0.0260. The third-order valence-electron chi connectivity index (χ3n) is 16.6. The molecule has 5 N–H and O–H groups in total. The van der Waals surface area contributed by atoms with Crippen LogP contribution in [-0.4, -0.2) is 93.9 Å². The lowest BCUT2D eigenvalue weighted by atomic mass is 9.80. The summed E-state index contributed by atoms with van der Waals surface area (Å²) in [5.41, 5.74) is 12.6. The van der Waals surface area contributed by atoms with Crippen molar-refractivity contribution < 1.29 is 69.5 Å². The van der Waals surface area contributed by atoms with Gasteiger partial charge in [0, 0.05) is 16.9 Å². The maximum Gasteiger partial charge on any atom is 0.488 e. The number of halogens is 3. The van der Waals surface area contributed by atoms with Gasteiger partial charge in [-0.3, -0.25) is 9.59 Å². The standard InChI is InChI=1S/C36H34O4.C29H27BrO3.C8H9BrO.C7H9BO3.C4H4O3.CH4.ClH/c1-38-34-20-16-32(17-21-34)36(31-6-4-3-5-7-31,33-18-22-35(39-2)23-19-33)40-25-24-27-8-12-29(13-9-27)30-14-10-28(26-37)11-15-30;1-31-27-16-10-24(11-17-27)29(23-6-4-3-5-7-23,25-12-18-28(32-2)19-13-25)33-21-20-22-8-14-26(30)15-9-22;9-8-3-1-7(2-4-8)5-6-10;9-5-6-1-3-7(4-2-6)8(10)11;5-3-1-2-4(6)7-3;;/h3-23,37H,24-26H2,1-2H3;3-19H,20-21H2,1-2H3;1-4,10H,5-6H2;1-4,9-11H,5H2;1-2H2;1H4;1H/i;;;;;1T;/hD. The first-order chi connectivity index (χ1) is 51.2. The van der Waals surface area contributed by atoms with Crippen LogP contribution < -0.4 is 24.4 Å². The Kier molecular flexibility index (Phi) is 33.2. The third kappa shape index (κ3) is 23.9.